The molecule has 190 valence electrons. The van der Waals surface area contributed by atoms with Crippen molar-refractivity contribution >= 4 is 29.1 Å². The van der Waals surface area contributed by atoms with Crippen LogP contribution in [0, 0.1) is 13.8 Å². The molecule has 4 rings (SSSR count). The fourth-order valence-electron chi connectivity index (χ4n) is 4.48. The molecule has 1 N–H and O–H groups in total. The van der Waals surface area contributed by atoms with Gasteiger partial charge in [0, 0.05) is 11.3 Å². The van der Waals surface area contributed by atoms with E-state index in [4.69, 9.17) is 9.47 Å². The predicted octanol–water partition coefficient (Wildman–Crippen LogP) is 5.50. The molecule has 0 saturated carbocycles. The van der Waals surface area contributed by atoms with E-state index in [9.17, 15) is 19.5 Å². The lowest BCUT2D eigenvalue weighted by atomic mass is 9.93. The van der Waals surface area contributed by atoms with Gasteiger partial charge < -0.3 is 14.6 Å². The van der Waals surface area contributed by atoms with Crippen LogP contribution < -0.4 is 9.64 Å². The molecule has 1 atom stereocenters. The minimum Gasteiger partial charge on any atom is -0.507 e. The first-order chi connectivity index (χ1) is 17.6. The molecule has 0 aliphatic carbocycles. The number of carbonyl (C=O) groups is 3. The van der Waals surface area contributed by atoms with Crippen LogP contribution in [0.3, 0.4) is 0 Å². The van der Waals surface area contributed by atoms with Gasteiger partial charge >= 0.3 is 5.97 Å². The van der Waals surface area contributed by atoms with Gasteiger partial charge in [-0.25, -0.2) is 4.79 Å². The van der Waals surface area contributed by atoms with Crippen LogP contribution in [0.4, 0.5) is 5.69 Å². The number of methoxy groups -OCH3 is 1. The zero-order chi connectivity index (χ0) is 26.9. The number of ether oxygens (including phenoxy) is 2. The van der Waals surface area contributed by atoms with Gasteiger partial charge in [-0.1, -0.05) is 29.8 Å². The highest BCUT2D eigenvalue weighted by Crippen LogP contribution is 2.42. The molecule has 7 nitrogen and oxygen atoms in total. The zero-order valence-electron chi connectivity index (χ0n) is 21.4. The molecule has 7 heteroatoms. The van der Waals surface area contributed by atoms with E-state index in [1.54, 1.807) is 63.4 Å². The standard InChI is InChI=1S/C30H29NO6/c1-17(2)37-30(35)20-9-12-23(13-10-20)31-26(21-8-6-7-18(3)15-21)25(28(33)29(31)34)27(32)22-11-14-24(36-5)19(4)16-22/h6-17,26,32H,1-5H3/b27-25-. The molecule has 1 heterocycles. The highest BCUT2D eigenvalue weighted by atomic mass is 16.5. The van der Waals surface area contributed by atoms with E-state index >= 15 is 0 Å². The third kappa shape index (κ3) is 4.98. The molecule has 1 fully saturated rings. The Kier molecular flexibility index (Phi) is 7.16. The number of Topliss-reactive ketones (excluding diaryl/α,β-unsaturated/α-hetero) is 1. The van der Waals surface area contributed by atoms with Crippen LogP contribution in [0.1, 0.15) is 52.5 Å². The lowest BCUT2D eigenvalue weighted by Crippen LogP contribution is -2.29. The normalized spacial score (nSPS) is 16.8. The van der Waals surface area contributed by atoms with Crippen molar-refractivity contribution in [3.63, 3.8) is 0 Å². The summed E-state index contributed by atoms with van der Waals surface area (Å²) >= 11 is 0. The number of ketones is 1. The number of esters is 1. The minimum absolute atomic E-state index is 0.0107. The number of hydrogen-bond donors (Lipinski definition) is 1. The number of carbonyl (C=O) groups excluding carboxylic acids is 3. The van der Waals surface area contributed by atoms with Crippen molar-refractivity contribution < 1.29 is 29.0 Å². The molecular weight excluding hydrogens is 470 g/mol. The van der Waals surface area contributed by atoms with Gasteiger partial charge in [-0.05, 0) is 81.3 Å². The smallest absolute Gasteiger partial charge is 0.338 e. The third-order valence-corrected chi connectivity index (χ3v) is 6.19. The highest BCUT2D eigenvalue weighted by Gasteiger charge is 2.47. The predicted molar refractivity (Wildman–Crippen MR) is 141 cm³/mol. The average molecular weight is 500 g/mol. The van der Waals surface area contributed by atoms with Gasteiger partial charge in [0.2, 0.25) is 0 Å². The largest absolute Gasteiger partial charge is 0.507 e. The number of aryl methyl sites for hydroxylation is 2. The summed E-state index contributed by atoms with van der Waals surface area (Å²) in [4.78, 5) is 40.4. The molecular formula is C30H29NO6. The van der Waals surface area contributed by atoms with Gasteiger partial charge in [-0.2, -0.15) is 0 Å². The van der Waals surface area contributed by atoms with Crippen molar-refractivity contribution in [1.82, 2.24) is 0 Å². The summed E-state index contributed by atoms with van der Waals surface area (Å²) in [6, 6.07) is 18.0. The summed E-state index contributed by atoms with van der Waals surface area (Å²) in [6.45, 7) is 7.27. The number of benzene rings is 3. The maximum atomic E-state index is 13.4. The maximum Gasteiger partial charge on any atom is 0.338 e. The molecule has 0 aromatic heterocycles. The molecule has 37 heavy (non-hydrogen) atoms. The Labute approximate surface area is 215 Å². The Morgan fingerprint density at radius 2 is 1.62 bits per heavy atom. The van der Waals surface area contributed by atoms with E-state index in [1.165, 1.54) is 4.90 Å². The molecule has 1 saturated heterocycles. The first-order valence-corrected chi connectivity index (χ1v) is 12.0. The first kappa shape index (κ1) is 25.7. The van der Waals surface area contributed by atoms with Crippen molar-refractivity contribution in [2.45, 2.75) is 39.8 Å². The average Bonchev–Trinajstić information content (AvgIpc) is 3.13. The number of nitrogens with zero attached hydrogens (tertiary/aromatic N) is 1. The molecule has 0 bridgehead atoms. The van der Waals surface area contributed by atoms with Crippen molar-refractivity contribution in [2.75, 3.05) is 12.0 Å². The van der Waals surface area contributed by atoms with Crippen molar-refractivity contribution in [3.05, 3.63) is 100 Å². The van der Waals surface area contributed by atoms with E-state index < -0.39 is 23.7 Å². The molecule has 0 radical (unpaired) electrons. The van der Waals surface area contributed by atoms with Crippen LogP contribution in [0.15, 0.2) is 72.3 Å². The molecule has 1 aliphatic heterocycles. The van der Waals surface area contributed by atoms with Crippen LogP contribution in [0.25, 0.3) is 5.76 Å². The monoisotopic (exact) mass is 499 g/mol. The number of aliphatic hydroxyl groups is 1. The van der Waals surface area contributed by atoms with Crippen LogP contribution in [0.2, 0.25) is 0 Å². The van der Waals surface area contributed by atoms with Gasteiger partial charge in [0.25, 0.3) is 11.7 Å². The summed E-state index contributed by atoms with van der Waals surface area (Å²) in [5.41, 5.74) is 3.53. The lowest BCUT2D eigenvalue weighted by molar-refractivity contribution is -0.132. The van der Waals surface area contributed by atoms with Crippen LogP contribution >= 0.6 is 0 Å². The van der Waals surface area contributed by atoms with Gasteiger partial charge in [0.1, 0.15) is 11.5 Å². The number of aliphatic hydroxyl groups excluding tert-OH is 1. The number of hydrogen-bond acceptors (Lipinski definition) is 6. The SMILES string of the molecule is COc1ccc(/C(O)=C2/C(=O)C(=O)N(c3ccc(C(=O)OC(C)C)cc3)C2c2cccc(C)c2)cc1C. The second kappa shape index (κ2) is 10.3. The van der Waals surface area contributed by atoms with E-state index in [-0.39, 0.29) is 17.4 Å². The molecule has 1 amide bonds. The van der Waals surface area contributed by atoms with Gasteiger partial charge in [0.05, 0.1) is 30.4 Å². The summed E-state index contributed by atoms with van der Waals surface area (Å²) in [7, 11) is 1.55. The van der Waals surface area contributed by atoms with E-state index in [1.807, 2.05) is 38.1 Å². The van der Waals surface area contributed by atoms with Gasteiger partial charge in [-0.15, -0.1) is 0 Å². The Morgan fingerprint density at radius 3 is 2.22 bits per heavy atom. The van der Waals surface area contributed by atoms with E-state index in [0.29, 0.717) is 28.1 Å². The van der Waals surface area contributed by atoms with Crippen molar-refractivity contribution in [2.24, 2.45) is 0 Å². The molecule has 1 aliphatic rings. The second-order valence-electron chi connectivity index (χ2n) is 9.27. The fraction of sp³-hybridized carbons (Fsp3) is 0.233. The first-order valence-electron chi connectivity index (χ1n) is 12.0. The van der Waals surface area contributed by atoms with Crippen molar-refractivity contribution in [1.29, 1.82) is 0 Å². The minimum atomic E-state index is -0.865. The third-order valence-electron chi connectivity index (χ3n) is 6.19. The van der Waals surface area contributed by atoms with Gasteiger partial charge in [-0.3, -0.25) is 14.5 Å². The second-order valence-corrected chi connectivity index (χ2v) is 9.27. The van der Waals surface area contributed by atoms with Crippen LogP contribution in [0.5, 0.6) is 5.75 Å². The fourth-order valence-corrected chi connectivity index (χ4v) is 4.48. The molecule has 3 aromatic carbocycles. The molecule has 1 unspecified atom stereocenters. The lowest BCUT2D eigenvalue weighted by Gasteiger charge is -2.26. The number of anilines is 1. The number of amides is 1. The Bertz CT molecular complexity index is 1400. The Balaban J connectivity index is 1.85. The van der Waals surface area contributed by atoms with E-state index in [0.717, 1.165) is 11.1 Å². The zero-order valence-corrected chi connectivity index (χ0v) is 21.4. The quantitative estimate of drug-likeness (QED) is 0.208. The summed E-state index contributed by atoms with van der Waals surface area (Å²) < 4.78 is 10.6. The summed E-state index contributed by atoms with van der Waals surface area (Å²) in [5.74, 6) is -1.66. The Hall–Kier alpha value is -4.39. The topological polar surface area (TPSA) is 93.1 Å². The summed E-state index contributed by atoms with van der Waals surface area (Å²) in [5, 5.41) is 11.3. The Morgan fingerprint density at radius 1 is 0.946 bits per heavy atom. The highest BCUT2D eigenvalue weighted by molar-refractivity contribution is 6.51. The van der Waals surface area contributed by atoms with Gasteiger partial charge in [0.15, 0.2) is 0 Å². The van der Waals surface area contributed by atoms with Crippen molar-refractivity contribution in [3.8, 4) is 5.75 Å². The van der Waals surface area contributed by atoms with Crippen LogP contribution in [-0.4, -0.2) is 36.0 Å². The summed E-state index contributed by atoms with van der Waals surface area (Å²) in [6.07, 6.45) is -0.270. The molecule has 3 aromatic rings. The van der Waals surface area contributed by atoms with Crippen LogP contribution in [-0.2, 0) is 14.3 Å². The maximum absolute atomic E-state index is 13.4. The van der Waals surface area contributed by atoms with E-state index in [2.05, 4.69) is 0 Å². The number of rotatable bonds is 6. The molecule has 0 spiro atoms.